The monoisotopic (exact) mass is 445 g/mol. The lowest BCUT2D eigenvalue weighted by Crippen LogP contribution is -2.45. The van der Waals surface area contributed by atoms with E-state index in [1.54, 1.807) is 6.07 Å². The first kappa shape index (κ1) is 22.3. The van der Waals surface area contributed by atoms with Gasteiger partial charge in [0.25, 0.3) is 0 Å². The molecule has 0 unspecified atom stereocenters. The second-order valence-corrected chi connectivity index (χ2v) is 7.51. The van der Waals surface area contributed by atoms with Gasteiger partial charge in [-0.2, -0.15) is 13.2 Å². The summed E-state index contributed by atoms with van der Waals surface area (Å²) in [4.78, 5) is 17.9. The number of hydrogen-bond donors (Lipinski definition) is 2. The summed E-state index contributed by atoms with van der Waals surface area (Å²) < 4.78 is 53.3. The molecular formula is C20H20ClF4N3O2. The van der Waals surface area contributed by atoms with Crippen LogP contribution < -0.4 is 5.32 Å². The first-order chi connectivity index (χ1) is 14.1. The van der Waals surface area contributed by atoms with Gasteiger partial charge in [0.2, 0.25) is 0 Å². The topological polar surface area (TPSA) is 65.5 Å². The number of piperidine rings is 1. The van der Waals surface area contributed by atoms with Crippen molar-refractivity contribution >= 4 is 23.3 Å². The van der Waals surface area contributed by atoms with Gasteiger partial charge in [-0.15, -0.1) is 0 Å². The average molecular weight is 446 g/mol. The number of likely N-dealkylation sites (tertiary alicyclic amines) is 1. The number of halogens is 5. The maximum atomic E-state index is 15.4. The zero-order valence-corrected chi connectivity index (χ0v) is 16.6. The first-order valence-corrected chi connectivity index (χ1v) is 9.68. The summed E-state index contributed by atoms with van der Waals surface area (Å²) in [7, 11) is 0. The largest absolute Gasteiger partial charge is 0.416 e. The summed E-state index contributed by atoms with van der Waals surface area (Å²) in [5.41, 5.74) is -1.58. The van der Waals surface area contributed by atoms with Crippen LogP contribution >= 0.6 is 11.6 Å². The van der Waals surface area contributed by atoms with Gasteiger partial charge in [-0.3, -0.25) is 4.98 Å². The molecule has 10 heteroatoms. The van der Waals surface area contributed by atoms with Crippen molar-refractivity contribution in [3.63, 3.8) is 0 Å². The molecule has 0 bridgehead atoms. The molecule has 0 spiro atoms. The third-order valence-corrected chi connectivity index (χ3v) is 5.32. The van der Waals surface area contributed by atoms with Crippen molar-refractivity contribution in [1.82, 2.24) is 9.88 Å². The second-order valence-electron chi connectivity index (χ2n) is 7.11. The fourth-order valence-corrected chi connectivity index (χ4v) is 3.68. The molecule has 1 saturated heterocycles. The van der Waals surface area contributed by atoms with Gasteiger partial charge in [0, 0.05) is 44.4 Å². The molecule has 30 heavy (non-hydrogen) atoms. The molecule has 0 saturated carbocycles. The molecule has 1 aromatic carbocycles. The molecule has 1 aliphatic heterocycles. The number of nitrogens with one attached hydrogen (secondary N) is 1. The van der Waals surface area contributed by atoms with Crippen LogP contribution in [0.2, 0.25) is 5.02 Å². The molecule has 0 aliphatic carbocycles. The molecule has 3 rings (SSSR count). The van der Waals surface area contributed by atoms with Crippen LogP contribution in [-0.4, -0.2) is 40.7 Å². The van der Waals surface area contributed by atoms with Gasteiger partial charge in [-0.25, -0.2) is 9.18 Å². The number of hydrogen-bond acceptors (Lipinski definition) is 3. The fraction of sp³-hybridized carbons (Fsp3) is 0.400. The average Bonchev–Trinajstić information content (AvgIpc) is 2.68. The van der Waals surface area contributed by atoms with Crippen LogP contribution in [0, 0.1) is 0 Å². The highest BCUT2D eigenvalue weighted by Gasteiger charge is 2.40. The number of aromatic nitrogens is 1. The van der Waals surface area contributed by atoms with Gasteiger partial charge < -0.3 is 15.3 Å². The maximum absolute atomic E-state index is 15.4. The molecule has 1 fully saturated rings. The zero-order chi connectivity index (χ0) is 21.9. The van der Waals surface area contributed by atoms with Gasteiger partial charge in [0.05, 0.1) is 16.3 Å². The molecule has 5 nitrogen and oxygen atoms in total. The smallest absolute Gasteiger partial charge is 0.396 e. The van der Waals surface area contributed by atoms with Crippen LogP contribution in [-0.2, 0) is 18.3 Å². The number of alkyl halides is 4. The SMILES string of the molecule is O=C(Nc1ccc(C(F)(F)F)cc1)N1CCC(F)(c2ncc(CCO)cc2Cl)CC1. The number of benzene rings is 1. The van der Waals surface area contributed by atoms with E-state index in [-0.39, 0.29) is 48.9 Å². The van der Waals surface area contributed by atoms with E-state index in [4.69, 9.17) is 16.7 Å². The Balaban J connectivity index is 1.61. The van der Waals surface area contributed by atoms with Crippen molar-refractivity contribution in [2.75, 3.05) is 25.0 Å². The number of pyridine rings is 1. The number of aliphatic hydroxyl groups is 1. The van der Waals surface area contributed by atoms with Crippen molar-refractivity contribution in [3.8, 4) is 0 Å². The standard InChI is InChI=1S/C20H20ClF4N3O2/c21-16-11-13(5-10-29)12-26-17(16)19(22)6-8-28(9-7-19)18(30)27-15-3-1-14(2-4-15)20(23,24)25/h1-4,11-12,29H,5-10H2,(H,27,30). The van der Waals surface area contributed by atoms with Gasteiger partial charge >= 0.3 is 12.2 Å². The molecule has 1 aliphatic rings. The van der Waals surface area contributed by atoms with Crippen LogP contribution in [0.1, 0.15) is 29.7 Å². The lowest BCUT2D eigenvalue weighted by Gasteiger charge is -2.36. The Kier molecular flexibility index (Phi) is 6.52. The summed E-state index contributed by atoms with van der Waals surface area (Å²) in [5, 5.41) is 11.7. The Hall–Kier alpha value is -2.39. The van der Waals surface area contributed by atoms with Gasteiger partial charge in [0.1, 0.15) is 0 Å². The van der Waals surface area contributed by atoms with Crippen LogP contribution in [0.25, 0.3) is 0 Å². The quantitative estimate of drug-likeness (QED) is 0.665. The van der Waals surface area contributed by atoms with Crippen LogP contribution in [0.5, 0.6) is 0 Å². The van der Waals surface area contributed by atoms with Crippen LogP contribution in [0.4, 0.5) is 28.0 Å². The van der Waals surface area contributed by atoms with E-state index in [1.165, 1.54) is 23.2 Å². The number of anilines is 1. The van der Waals surface area contributed by atoms with E-state index < -0.39 is 23.4 Å². The summed E-state index contributed by atoms with van der Waals surface area (Å²) in [6.45, 7) is 0.125. The molecule has 1 aromatic heterocycles. The van der Waals surface area contributed by atoms with E-state index in [0.29, 0.717) is 12.0 Å². The van der Waals surface area contributed by atoms with Gasteiger partial charge in [-0.1, -0.05) is 11.6 Å². The van der Waals surface area contributed by atoms with Crippen LogP contribution in [0.3, 0.4) is 0 Å². The number of carbonyl (C=O) groups is 1. The third kappa shape index (κ3) is 5.02. The van der Waals surface area contributed by atoms with E-state index in [0.717, 1.165) is 12.1 Å². The maximum Gasteiger partial charge on any atom is 0.416 e. The highest BCUT2D eigenvalue weighted by atomic mass is 35.5. The minimum Gasteiger partial charge on any atom is -0.396 e. The van der Waals surface area contributed by atoms with Crippen molar-refractivity contribution < 1.29 is 27.5 Å². The Morgan fingerprint density at radius 2 is 1.87 bits per heavy atom. The second kappa shape index (κ2) is 8.77. The van der Waals surface area contributed by atoms with E-state index in [2.05, 4.69) is 10.3 Å². The number of rotatable bonds is 4. The zero-order valence-electron chi connectivity index (χ0n) is 15.8. The Morgan fingerprint density at radius 3 is 2.40 bits per heavy atom. The predicted molar refractivity (Wildman–Crippen MR) is 104 cm³/mol. The summed E-state index contributed by atoms with van der Waals surface area (Å²) in [6.07, 6.45) is -2.64. The Morgan fingerprint density at radius 1 is 1.23 bits per heavy atom. The van der Waals surface area contributed by atoms with E-state index >= 15 is 4.39 Å². The van der Waals surface area contributed by atoms with Gasteiger partial charge in [-0.05, 0) is 42.3 Å². The van der Waals surface area contributed by atoms with Crippen molar-refractivity contribution in [2.45, 2.75) is 31.1 Å². The summed E-state index contributed by atoms with van der Waals surface area (Å²) >= 11 is 6.18. The Bertz CT molecular complexity index is 898. The number of amides is 2. The molecule has 2 N–H and O–H groups in total. The number of urea groups is 1. The van der Waals surface area contributed by atoms with Crippen molar-refractivity contribution in [3.05, 3.63) is 58.4 Å². The van der Waals surface area contributed by atoms with E-state index in [1.807, 2.05) is 0 Å². The number of aliphatic hydroxyl groups excluding tert-OH is 1. The first-order valence-electron chi connectivity index (χ1n) is 9.30. The Labute approximate surface area is 175 Å². The molecule has 2 heterocycles. The minimum absolute atomic E-state index is 0.0144. The van der Waals surface area contributed by atoms with E-state index in [9.17, 15) is 18.0 Å². The molecule has 2 amide bonds. The van der Waals surface area contributed by atoms with Crippen molar-refractivity contribution in [2.24, 2.45) is 0 Å². The summed E-state index contributed by atoms with van der Waals surface area (Å²) in [5.74, 6) is 0. The molecular weight excluding hydrogens is 426 g/mol. The lowest BCUT2D eigenvalue weighted by atomic mass is 9.89. The normalized spacial score (nSPS) is 16.4. The lowest BCUT2D eigenvalue weighted by molar-refractivity contribution is -0.137. The summed E-state index contributed by atoms with van der Waals surface area (Å²) in [6, 6.07) is 5.15. The third-order valence-electron chi connectivity index (χ3n) is 5.03. The van der Waals surface area contributed by atoms with Crippen molar-refractivity contribution in [1.29, 1.82) is 0 Å². The van der Waals surface area contributed by atoms with Crippen LogP contribution in [0.15, 0.2) is 36.5 Å². The highest BCUT2D eigenvalue weighted by Crippen LogP contribution is 2.39. The fourth-order valence-electron chi connectivity index (χ4n) is 3.32. The number of nitrogens with zero attached hydrogens (tertiary/aromatic N) is 2. The molecule has 0 atom stereocenters. The highest BCUT2D eigenvalue weighted by molar-refractivity contribution is 6.31. The molecule has 0 radical (unpaired) electrons. The minimum atomic E-state index is -4.45. The molecule has 2 aromatic rings. The predicted octanol–water partition coefficient (Wildman–Crippen LogP) is 4.78. The molecule has 162 valence electrons. The van der Waals surface area contributed by atoms with Gasteiger partial charge in [0.15, 0.2) is 5.67 Å². The number of carbonyl (C=O) groups excluding carboxylic acids is 1.